The average Bonchev–Trinajstić information content (AvgIpc) is 2.89. The number of aliphatic hydroxyl groups excluding tert-OH is 2. The fraction of sp³-hybridized carbons (Fsp3) is 0.357. The largest absolute Gasteiger partial charge is 0.508 e. The molecule has 0 bridgehead atoms. The molecule has 1 heterocycles. The van der Waals surface area contributed by atoms with E-state index in [2.05, 4.69) is 0 Å². The average molecular weight is 495 g/mol. The van der Waals surface area contributed by atoms with Crippen molar-refractivity contribution in [2.75, 3.05) is 34.0 Å². The van der Waals surface area contributed by atoms with Gasteiger partial charge in [0.05, 0.1) is 33.5 Å². The van der Waals surface area contributed by atoms with Crippen LogP contribution < -0.4 is 18.9 Å². The molecule has 2 atom stereocenters. The Balaban J connectivity index is 1.56. The topological polar surface area (TPSA) is 118 Å². The first-order chi connectivity index (χ1) is 17.5. The molecule has 1 aliphatic heterocycles. The maximum atomic E-state index is 11.6. The molecular formula is C28H30O8. The molecular weight excluding hydrogens is 464 g/mol. The predicted octanol–water partition coefficient (Wildman–Crippen LogP) is 3.85. The second kappa shape index (κ2) is 9.79. The minimum absolute atomic E-state index is 0.0264. The monoisotopic (exact) mass is 494 g/mol. The number of hydrogen-bond donors (Lipinski definition) is 4. The fourth-order valence-corrected chi connectivity index (χ4v) is 5.26. The Hall–Kier alpha value is -3.62. The molecule has 190 valence electrons. The molecule has 0 saturated heterocycles. The van der Waals surface area contributed by atoms with Crippen molar-refractivity contribution in [3.63, 3.8) is 0 Å². The summed E-state index contributed by atoms with van der Waals surface area (Å²) in [6.45, 7) is 0.441. The SMILES string of the molecule is COc1cc(C2COc3ccc4c(c3C2O)CCc2c(OC)cc(O)cc2-4)cc(OCCCO)c1O. The quantitative estimate of drug-likeness (QED) is 0.366. The molecule has 0 aromatic heterocycles. The van der Waals surface area contributed by atoms with Crippen LogP contribution in [0, 0.1) is 0 Å². The zero-order chi connectivity index (χ0) is 25.4. The third-order valence-corrected chi connectivity index (χ3v) is 7.01. The second-order valence-electron chi connectivity index (χ2n) is 9.04. The number of aliphatic hydroxyl groups is 2. The smallest absolute Gasteiger partial charge is 0.200 e. The van der Waals surface area contributed by atoms with Gasteiger partial charge in [-0.15, -0.1) is 0 Å². The lowest BCUT2D eigenvalue weighted by atomic mass is 9.77. The molecule has 8 heteroatoms. The van der Waals surface area contributed by atoms with Crippen molar-refractivity contribution in [1.82, 2.24) is 0 Å². The summed E-state index contributed by atoms with van der Waals surface area (Å²) in [4.78, 5) is 0. The Labute approximate surface area is 209 Å². The summed E-state index contributed by atoms with van der Waals surface area (Å²) in [6, 6.07) is 10.6. The van der Waals surface area contributed by atoms with E-state index in [4.69, 9.17) is 24.1 Å². The minimum Gasteiger partial charge on any atom is -0.508 e. The van der Waals surface area contributed by atoms with Gasteiger partial charge in [0.2, 0.25) is 5.75 Å². The second-order valence-corrected chi connectivity index (χ2v) is 9.04. The van der Waals surface area contributed by atoms with E-state index >= 15 is 0 Å². The van der Waals surface area contributed by atoms with Crippen LogP contribution in [-0.2, 0) is 12.8 Å². The number of fused-ring (bicyclic) bond motifs is 5. The van der Waals surface area contributed by atoms with Crippen LogP contribution in [-0.4, -0.2) is 54.5 Å². The lowest BCUT2D eigenvalue weighted by Gasteiger charge is -2.35. The number of aromatic hydroxyl groups is 2. The molecule has 0 radical (unpaired) electrons. The van der Waals surface area contributed by atoms with E-state index in [1.165, 1.54) is 7.11 Å². The third-order valence-electron chi connectivity index (χ3n) is 7.01. The molecule has 3 aromatic rings. The van der Waals surface area contributed by atoms with E-state index in [9.17, 15) is 15.3 Å². The van der Waals surface area contributed by atoms with Gasteiger partial charge in [-0.1, -0.05) is 6.07 Å². The van der Waals surface area contributed by atoms with Gasteiger partial charge in [-0.3, -0.25) is 0 Å². The first kappa shape index (κ1) is 24.1. The van der Waals surface area contributed by atoms with Crippen molar-refractivity contribution in [2.24, 2.45) is 0 Å². The van der Waals surface area contributed by atoms with Crippen LogP contribution in [0.4, 0.5) is 0 Å². The summed E-state index contributed by atoms with van der Waals surface area (Å²) in [7, 11) is 3.05. The van der Waals surface area contributed by atoms with E-state index in [-0.39, 0.29) is 42.8 Å². The molecule has 0 spiro atoms. The van der Waals surface area contributed by atoms with Gasteiger partial charge in [0.15, 0.2) is 11.5 Å². The highest BCUT2D eigenvalue weighted by Crippen LogP contribution is 2.50. The van der Waals surface area contributed by atoms with Crippen LogP contribution in [0.5, 0.6) is 34.5 Å². The van der Waals surface area contributed by atoms with Gasteiger partial charge in [-0.25, -0.2) is 0 Å². The normalized spacial score (nSPS) is 17.9. The Morgan fingerprint density at radius 2 is 1.67 bits per heavy atom. The van der Waals surface area contributed by atoms with Gasteiger partial charge in [0, 0.05) is 36.1 Å². The molecule has 0 saturated carbocycles. The third kappa shape index (κ3) is 4.06. The maximum absolute atomic E-state index is 11.6. The van der Waals surface area contributed by atoms with Gasteiger partial charge in [-0.05, 0) is 59.4 Å². The van der Waals surface area contributed by atoms with Crippen molar-refractivity contribution in [3.8, 4) is 45.6 Å². The first-order valence-electron chi connectivity index (χ1n) is 12.0. The van der Waals surface area contributed by atoms with Gasteiger partial charge in [0.1, 0.15) is 17.2 Å². The summed E-state index contributed by atoms with van der Waals surface area (Å²) in [5.74, 6) is 1.30. The Bertz CT molecular complexity index is 1290. The zero-order valence-electron chi connectivity index (χ0n) is 20.3. The van der Waals surface area contributed by atoms with Gasteiger partial charge < -0.3 is 39.4 Å². The van der Waals surface area contributed by atoms with Gasteiger partial charge in [0.25, 0.3) is 0 Å². The first-order valence-corrected chi connectivity index (χ1v) is 12.0. The number of ether oxygens (including phenoxy) is 4. The fourth-order valence-electron chi connectivity index (χ4n) is 5.26. The summed E-state index contributed by atoms with van der Waals surface area (Å²) in [5, 5.41) is 41.5. The number of phenolic OH excluding ortho intramolecular Hbond substituents is 2. The molecule has 0 amide bonds. The Morgan fingerprint density at radius 3 is 2.42 bits per heavy atom. The van der Waals surface area contributed by atoms with Crippen molar-refractivity contribution in [1.29, 1.82) is 0 Å². The maximum Gasteiger partial charge on any atom is 0.200 e. The molecule has 36 heavy (non-hydrogen) atoms. The Kier molecular flexibility index (Phi) is 6.55. The lowest BCUT2D eigenvalue weighted by molar-refractivity contribution is 0.0877. The molecule has 5 rings (SSSR count). The number of rotatable bonds is 7. The summed E-state index contributed by atoms with van der Waals surface area (Å²) in [6.07, 6.45) is 0.940. The zero-order valence-corrected chi connectivity index (χ0v) is 20.3. The van der Waals surface area contributed by atoms with E-state index in [1.54, 1.807) is 31.4 Å². The summed E-state index contributed by atoms with van der Waals surface area (Å²) in [5.41, 5.74) is 5.26. The predicted molar refractivity (Wildman–Crippen MR) is 133 cm³/mol. The molecule has 3 aromatic carbocycles. The van der Waals surface area contributed by atoms with Crippen LogP contribution in [0.2, 0.25) is 0 Å². The molecule has 2 aliphatic rings. The highest BCUT2D eigenvalue weighted by Gasteiger charge is 2.36. The highest BCUT2D eigenvalue weighted by molar-refractivity contribution is 5.79. The van der Waals surface area contributed by atoms with E-state index in [1.807, 2.05) is 12.1 Å². The molecule has 4 N–H and O–H groups in total. The highest BCUT2D eigenvalue weighted by atomic mass is 16.5. The molecule has 8 nitrogen and oxygen atoms in total. The van der Waals surface area contributed by atoms with Crippen molar-refractivity contribution < 1.29 is 39.4 Å². The van der Waals surface area contributed by atoms with Crippen LogP contribution in [0.3, 0.4) is 0 Å². The summed E-state index contributed by atoms with van der Waals surface area (Å²) >= 11 is 0. The number of hydrogen-bond acceptors (Lipinski definition) is 8. The van der Waals surface area contributed by atoms with Gasteiger partial charge in [-0.2, -0.15) is 0 Å². The van der Waals surface area contributed by atoms with Crippen molar-refractivity contribution >= 4 is 0 Å². The number of phenols is 2. The van der Waals surface area contributed by atoms with Gasteiger partial charge >= 0.3 is 0 Å². The van der Waals surface area contributed by atoms with Crippen molar-refractivity contribution in [2.45, 2.75) is 31.3 Å². The molecule has 1 aliphatic carbocycles. The Morgan fingerprint density at radius 1 is 0.917 bits per heavy atom. The standard InChI is InChI=1S/C28H30O8/c1-33-23-13-16(30)12-20-17-6-7-22-26(19(17)5-4-18(20)23)27(31)21(14-36-22)15-10-24(34-2)28(32)25(11-15)35-9-3-8-29/h6-7,10-13,21,27,29-32H,3-5,8-9,14H2,1-2H3. The lowest BCUT2D eigenvalue weighted by Crippen LogP contribution is -2.26. The van der Waals surface area contributed by atoms with Crippen LogP contribution in [0.25, 0.3) is 11.1 Å². The van der Waals surface area contributed by atoms with E-state index in [0.29, 0.717) is 36.3 Å². The number of methoxy groups -OCH3 is 2. The van der Waals surface area contributed by atoms with Crippen LogP contribution >= 0.6 is 0 Å². The van der Waals surface area contributed by atoms with E-state index in [0.717, 1.165) is 27.8 Å². The number of benzene rings is 3. The molecule has 2 unspecified atom stereocenters. The van der Waals surface area contributed by atoms with Crippen molar-refractivity contribution in [3.05, 3.63) is 58.7 Å². The molecule has 0 fully saturated rings. The van der Waals surface area contributed by atoms with E-state index < -0.39 is 12.0 Å². The van der Waals surface area contributed by atoms with Crippen LogP contribution in [0.15, 0.2) is 36.4 Å². The summed E-state index contributed by atoms with van der Waals surface area (Å²) < 4.78 is 22.6. The minimum atomic E-state index is -0.871. The van der Waals surface area contributed by atoms with Crippen LogP contribution in [0.1, 0.15) is 40.7 Å².